The average molecular weight is 638 g/mol. The zero-order valence-corrected chi connectivity index (χ0v) is 23.2. The molecule has 1 aliphatic heterocycles. The summed E-state index contributed by atoms with van der Waals surface area (Å²) in [6, 6.07) is 11.5. The Kier molecular flexibility index (Phi) is 8.16. The van der Waals surface area contributed by atoms with Crippen LogP contribution in [0.5, 0.6) is 5.75 Å². The lowest BCUT2D eigenvalue weighted by molar-refractivity contribution is -0.274. The number of hydrogen-bond donors (Lipinski definition) is 1. The summed E-state index contributed by atoms with van der Waals surface area (Å²) in [5.41, 5.74) is 3.40. The fourth-order valence-corrected chi connectivity index (χ4v) is 5.48. The van der Waals surface area contributed by atoms with Crippen molar-refractivity contribution in [1.82, 2.24) is 19.8 Å². The topological polar surface area (TPSA) is 59.4 Å². The van der Waals surface area contributed by atoms with E-state index in [0.717, 1.165) is 16.8 Å². The Bertz CT molecular complexity index is 1590. The molecule has 0 spiro atoms. The molecular weight excluding hydrogens is 616 g/mol. The third-order valence-electron chi connectivity index (χ3n) is 6.43. The van der Waals surface area contributed by atoms with Crippen molar-refractivity contribution in [1.29, 1.82) is 0 Å². The first-order valence-electron chi connectivity index (χ1n) is 12.2. The number of nitrogens with zero attached hydrogens (tertiary/aromatic N) is 3. The molecule has 0 saturated heterocycles. The number of alkyl halides is 3. The first-order chi connectivity index (χ1) is 19.1. The quantitative estimate of drug-likeness (QED) is 0.178. The van der Waals surface area contributed by atoms with Crippen LogP contribution in [0.4, 0.5) is 22.4 Å². The summed E-state index contributed by atoms with van der Waals surface area (Å²) in [5, 5.41) is 3.66. The molecule has 40 heavy (non-hydrogen) atoms. The lowest BCUT2D eigenvalue weighted by Gasteiger charge is -2.27. The highest BCUT2D eigenvalue weighted by atomic mass is 79.9. The van der Waals surface area contributed by atoms with E-state index in [1.807, 2.05) is 6.08 Å². The average Bonchev–Trinajstić information content (AvgIpc) is 3.19. The first kappa shape index (κ1) is 28.1. The van der Waals surface area contributed by atoms with Crippen LogP contribution in [0, 0.1) is 5.82 Å². The summed E-state index contributed by atoms with van der Waals surface area (Å²) < 4.78 is 58.8. The first-order valence-corrected chi connectivity index (χ1v) is 13.4. The van der Waals surface area contributed by atoms with Gasteiger partial charge in [0.05, 0.1) is 5.52 Å². The van der Waals surface area contributed by atoms with Crippen LogP contribution in [0.2, 0.25) is 5.15 Å². The van der Waals surface area contributed by atoms with E-state index in [2.05, 4.69) is 35.9 Å². The Morgan fingerprint density at radius 1 is 1.18 bits per heavy atom. The van der Waals surface area contributed by atoms with E-state index in [0.29, 0.717) is 52.1 Å². The highest BCUT2D eigenvalue weighted by Gasteiger charge is 2.32. The molecule has 12 heteroatoms. The third-order valence-corrected chi connectivity index (χ3v) is 7.09. The number of halogens is 6. The summed E-state index contributed by atoms with van der Waals surface area (Å²) in [6.45, 7) is 1.73. The minimum Gasteiger partial charge on any atom is -0.406 e. The second kappa shape index (κ2) is 11.6. The number of aromatic nitrogens is 2. The van der Waals surface area contributed by atoms with Crippen LogP contribution in [0.15, 0.2) is 65.3 Å². The molecule has 0 saturated carbocycles. The van der Waals surface area contributed by atoms with Crippen LogP contribution in [-0.4, -0.2) is 39.9 Å². The zero-order chi connectivity index (χ0) is 28.4. The van der Waals surface area contributed by atoms with Crippen molar-refractivity contribution in [3.05, 3.63) is 98.6 Å². The van der Waals surface area contributed by atoms with Crippen LogP contribution in [0.3, 0.4) is 0 Å². The van der Waals surface area contributed by atoms with Gasteiger partial charge in [0.1, 0.15) is 16.7 Å². The summed E-state index contributed by atoms with van der Waals surface area (Å²) in [7, 11) is 0. The van der Waals surface area contributed by atoms with Crippen LogP contribution < -0.4 is 10.1 Å². The third kappa shape index (κ3) is 6.65. The van der Waals surface area contributed by atoms with Crippen LogP contribution in [-0.2, 0) is 19.5 Å². The summed E-state index contributed by atoms with van der Waals surface area (Å²) >= 11 is 9.22. The van der Waals surface area contributed by atoms with Gasteiger partial charge < -0.3 is 10.1 Å². The smallest absolute Gasteiger partial charge is 0.406 e. The largest absolute Gasteiger partial charge is 0.573 e. The molecule has 3 heterocycles. The molecule has 0 radical (unpaired) electrons. The van der Waals surface area contributed by atoms with Crippen molar-refractivity contribution in [2.24, 2.45) is 0 Å². The van der Waals surface area contributed by atoms with Gasteiger partial charge in [-0.15, -0.1) is 13.2 Å². The summed E-state index contributed by atoms with van der Waals surface area (Å²) in [5.74, 6) is -0.716. The molecule has 0 fully saturated rings. The maximum Gasteiger partial charge on any atom is 0.573 e. The molecule has 0 aliphatic carbocycles. The van der Waals surface area contributed by atoms with Gasteiger partial charge in [0.25, 0.3) is 0 Å². The highest BCUT2D eigenvalue weighted by Crippen LogP contribution is 2.35. The van der Waals surface area contributed by atoms with Crippen molar-refractivity contribution >= 4 is 50.5 Å². The normalized spacial score (nSPS) is 14.1. The van der Waals surface area contributed by atoms with Gasteiger partial charge in [0.2, 0.25) is 0 Å². The van der Waals surface area contributed by atoms with Crippen LogP contribution in [0.1, 0.15) is 22.4 Å². The van der Waals surface area contributed by atoms with Crippen LogP contribution >= 0.6 is 27.5 Å². The van der Waals surface area contributed by atoms with Gasteiger partial charge in [-0.05, 0) is 65.2 Å². The van der Waals surface area contributed by atoms with Gasteiger partial charge in [0.15, 0.2) is 0 Å². The molecule has 208 valence electrons. The monoisotopic (exact) mass is 636 g/mol. The molecule has 6 nitrogen and oxygen atoms in total. The Morgan fingerprint density at radius 2 is 2.00 bits per heavy atom. The molecule has 1 amide bonds. The van der Waals surface area contributed by atoms with Gasteiger partial charge in [0, 0.05) is 54.3 Å². The number of ether oxygens (including phenoxy) is 1. The van der Waals surface area contributed by atoms with Gasteiger partial charge in [-0.25, -0.2) is 14.2 Å². The minimum absolute atomic E-state index is 0.192. The van der Waals surface area contributed by atoms with E-state index in [1.165, 1.54) is 41.1 Å². The maximum atomic E-state index is 13.7. The second-order valence-corrected chi connectivity index (χ2v) is 10.5. The number of carbonyl (C=O) groups is 1. The number of pyridine rings is 1. The van der Waals surface area contributed by atoms with E-state index < -0.39 is 12.4 Å². The standard InChI is InChI=1S/C28H22BrClF4N4O2/c29-19-10-17(11-20(31)13-19)2-1-8-37-9-6-25-23(16-37)22-14-21(40-28(32,33)34)3-4-24(22)38(25)27(39)36-15-18-5-7-35-26(30)12-18/h1-5,7,10-14H,6,8-9,15-16H2,(H,36,39)/b2-1+. The number of amides is 1. The maximum absolute atomic E-state index is 13.7. The minimum atomic E-state index is -4.85. The van der Waals surface area contributed by atoms with E-state index in [-0.39, 0.29) is 18.1 Å². The van der Waals surface area contributed by atoms with Gasteiger partial charge in [-0.3, -0.25) is 9.47 Å². The molecule has 5 rings (SSSR count). The fraction of sp³-hybridized carbons (Fsp3) is 0.214. The Morgan fingerprint density at radius 3 is 2.75 bits per heavy atom. The Labute approximate surface area is 240 Å². The molecule has 1 aliphatic rings. The zero-order valence-electron chi connectivity index (χ0n) is 20.8. The molecular formula is C28H22BrClF4N4O2. The summed E-state index contributed by atoms with van der Waals surface area (Å²) in [4.78, 5) is 19.4. The second-order valence-electron chi connectivity index (χ2n) is 9.22. The molecule has 0 atom stereocenters. The van der Waals surface area contributed by atoms with Crippen molar-refractivity contribution in [3.63, 3.8) is 0 Å². The van der Waals surface area contributed by atoms with Crippen molar-refractivity contribution < 1.29 is 27.1 Å². The van der Waals surface area contributed by atoms with E-state index in [1.54, 1.807) is 24.3 Å². The van der Waals surface area contributed by atoms with Gasteiger partial charge in [-0.1, -0.05) is 39.7 Å². The van der Waals surface area contributed by atoms with Crippen molar-refractivity contribution in [2.45, 2.75) is 25.9 Å². The van der Waals surface area contributed by atoms with Crippen molar-refractivity contribution in [2.75, 3.05) is 13.1 Å². The molecule has 1 N–H and O–H groups in total. The number of fused-ring (bicyclic) bond motifs is 3. The molecule has 0 unspecified atom stereocenters. The predicted molar refractivity (Wildman–Crippen MR) is 148 cm³/mol. The molecule has 2 aromatic carbocycles. The fourth-order valence-electron chi connectivity index (χ4n) is 4.80. The lowest BCUT2D eigenvalue weighted by Crippen LogP contribution is -2.34. The number of hydrogen-bond acceptors (Lipinski definition) is 4. The number of carbonyl (C=O) groups excluding carboxylic acids is 1. The van der Waals surface area contributed by atoms with Gasteiger partial charge >= 0.3 is 12.4 Å². The van der Waals surface area contributed by atoms with Crippen LogP contribution in [0.25, 0.3) is 17.0 Å². The molecule has 4 aromatic rings. The highest BCUT2D eigenvalue weighted by molar-refractivity contribution is 9.10. The van der Waals surface area contributed by atoms with E-state index >= 15 is 0 Å². The Hall–Kier alpha value is -3.41. The van der Waals surface area contributed by atoms with Gasteiger partial charge in [-0.2, -0.15) is 0 Å². The van der Waals surface area contributed by atoms with E-state index in [4.69, 9.17) is 11.6 Å². The lowest BCUT2D eigenvalue weighted by atomic mass is 10.0. The number of rotatable bonds is 6. The Balaban J connectivity index is 1.42. The molecule has 0 bridgehead atoms. The van der Waals surface area contributed by atoms with Crippen molar-refractivity contribution in [3.8, 4) is 5.75 Å². The predicted octanol–water partition coefficient (Wildman–Crippen LogP) is 7.32. The number of benzene rings is 2. The molecule has 2 aromatic heterocycles. The number of nitrogens with one attached hydrogen (secondary N) is 1. The SMILES string of the molecule is O=C(NCc1ccnc(Cl)c1)n1c2c(c3cc(OC(F)(F)F)ccc31)CN(C/C=C/c1cc(F)cc(Br)c1)CC2. The van der Waals surface area contributed by atoms with E-state index in [9.17, 15) is 22.4 Å². The summed E-state index contributed by atoms with van der Waals surface area (Å²) in [6.07, 6.45) is 0.890.